The Morgan fingerprint density at radius 2 is 0.429 bits per heavy atom. The molecule has 1 atom stereocenters. The summed E-state index contributed by atoms with van der Waals surface area (Å²) in [5.41, 5.74) is 0. The lowest BCUT2D eigenvalue weighted by atomic mass is 10.0. The van der Waals surface area contributed by atoms with Gasteiger partial charge in [0.2, 0.25) is 0 Å². The van der Waals surface area contributed by atoms with Crippen molar-refractivity contribution < 1.29 is 28.6 Å². The van der Waals surface area contributed by atoms with Gasteiger partial charge in [0.05, 0.1) is 0 Å². The predicted octanol–water partition coefficient (Wildman–Crippen LogP) is 18.8. The zero-order chi connectivity index (χ0) is 45.8. The van der Waals surface area contributed by atoms with Gasteiger partial charge in [0.1, 0.15) is 13.2 Å². The zero-order valence-electron chi connectivity index (χ0n) is 42.9. The van der Waals surface area contributed by atoms with Crippen molar-refractivity contribution >= 4 is 17.9 Å². The Labute approximate surface area is 393 Å². The maximum absolute atomic E-state index is 12.8. The molecule has 0 aliphatic carbocycles. The minimum absolute atomic E-state index is 0.0613. The van der Waals surface area contributed by atoms with Crippen molar-refractivity contribution in [3.05, 3.63) is 0 Å². The van der Waals surface area contributed by atoms with Crippen molar-refractivity contribution in [3.8, 4) is 0 Å². The van der Waals surface area contributed by atoms with Gasteiger partial charge in [-0.2, -0.15) is 0 Å². The first kappa shape index (κ1) is 61.4. The van der Waals surface area contributed by atoms with Crippen LogP contribution < -0.4 is 0 Å². The lowest BCUT2D eigenvalue weighted by Crippen LogP contribution is -2.30. The molecule has 0 saturated heterocycles. The summed E-state index contributed by atoms with van der Waals surface area (Å²) >= 11 is 0. The zero-order valence-corrected chi connectivity index (χ0v) is 42.9. The second kappa shape index (κ2) is 53.0. The van der Waals surface area contributed by atoms with E-state index in [1.54, 1.807) is 0 Å². The summed E-state index contributed by atoms with van der Waals surface area (Å²) in [5, 5.41) is 0. The van der Waals surface area contributed by atoms with Gasteiger partial charge in [0.25, 0.3) is 0 Å². The molecule has 0 heterocycles. The fourth-order valence-electron chi connectivity index (χ4n) is 8.80. The summed E-state index contributed by atoms with van der Waals surface area (Å²) in [6.07, 6.45) is 58.1. The third-order valence-electron chi connectivity index (χ3n) is 13.1. The molecule has 0 bridgehead atoms. The van der Waals surface area contributed by atoms with E-state index in [-0.39, 0.29) is 31.1 Å². The van der Waals surface area contributed by atoms with E-state index in [0.29, 0.717) is 19.3 Å². The smallest absolute Gasteiger partial charge is 0.306 e. The van der Waals surface area contributed by atoms with E-state index in [1.165, 1.54) is 231 Å². The van der Waals surface area contributed by atoms with Crippen molar-refractivity contribution in [1.82, 2.24) is 0 Å². The third kappa shape index (κ3) is 51.3. The Kier molecular flexibility index (Phi) is 51.7. The summed E-state index contributed by atoms with van der Waals surface area (Å²) in [5.74, 6) is -0.836. The van der Waals surface area contributed by atoms with Crippen molar-refractivity contribution in [1.29, 1.82) is 0 Å². The van der Waals surface area contributed by atoms with Gasteiger partial charge in [-0.15, -0.1) is 0 Å². The molecule has 374 valence electrons. The van der Waals surface area contributed by atoms with Crippen molar-refractivity contribution in [3.63, 3.8) is 0 Å². The second-order valence-corrected chi connectivity index (χ2v) is 19.6. The predicted molar refractivity (Wildman–Crippen MR) is 270 cm³/mol. The lowest BCUT2D eigenvalue weighted by molar-refractivity contribution is -0.167. The summed E-state index contributed by atoms with van der Waals surface area (Å²) in [6.45, 7) is 6.69. The Morgan fingerprint density at radius 1 is 0.254 bits per heavy atom. The summed E-state index contributed by atoms with van der Waals surface area (Å²) < 4.78 is 16.9. The van der Waals surface area contributed by atoms with Crippen LogP contribution in [0.25, 0.3) is 0 Å². The maximum atomic E-state index is 12.8. The van der Waals surface area contributed by atoms with Crippen LogP contribution in [0, 0.1) is 0 Å². The van der Waals surface area contributed by atoms with Gasteiger partial charge in [-0.25, -0.2) is 0 Å². The van der Waals surface area contributed by atoms with E-state index in [1.807, 2.05) is 0 Å². The molecule has 0 radical (unpaired) electrons. The molecule has 0 aromatic heterocycles. The van der Waals surface area contributed by atoms with Gasteiger partial charge in [0, 0.05) is 19.3 Å². The number of carbonyl (C=O) groups is 3. The summed E-state index contributed by atoms with van der Waals surface area (Å²) in [7, 11) is 0. The molecule has 0 saturated carbocycles. The molecule has 0 aromatic carbocycles. The number of rotatable bonds is 53. The van der Waals surface area contributed by atoms with Crippen LogP contribution in [0.5, 0.6) is 0 Å². The van der Waals surface area contributed by atoms with Crippen LogP contribution in [-0.4, -0.2) is 37.2 Å². The Bertz CT molecular complexity index is 936. The topological polar surface area (TPSA) is 78.9 Å². The molecule has 0 N–H and O–H groups in total. The van der Waals surface area contributed by atoms with E-state index in [2.05, 4.69) is 20.8 Å². The Morgan fingerprint density at radius 3 is 0.635 bits per heavy atom. The minimum Gasteiger partial charge on any atom is -0.462 e. The molecule has 0 unspecified atom stereocenters. The normalized spacial score (nSPS) is 11.9. The van der Waals surface area contributed by atoms with E-state index < -0.39 is 6.10 Å². The van der Waals surface area contributed by atoms with E-state index >= 15 is 0 Å². The quantitative estimate of drug-likeness (QED) is 0.0344. The SMILES string of the molecule is CCCCCCCCCCCCCCCCCCCCC(=O)O[C@@H](COC(=O)CCCCCCCCCCCC)COC(=O)CCCCCCCCCCCCCCCCCCC. The highest BCUT2D eigenvalue weighted by Gasteiger charge is 2.19. The van der Waals surface area contributed by atoms with Gasteiger partial charge in [-0.1, -0.05) is 290 Å². The average Bonchev–Trinajstić information content (AvgIpc) is 3.28. The van der Waals surface area contributed by atoms with Gasteiger partial charge >= 0.3 is 17.9 Å². The number of esters is 3. The average molecular weight is 892 g/mol. The number of hydrogen-bond donors (Lipinski definition) is 0. The molecule has 6 nitrogen and oxygen atoms in total. The molecule has 0 aliphatic rings. The van der Waals surface area contributed by atoms with Crippen LogP contribution in [0.1, 0.15) is 329 Å². The first-order chi connectivity index (χ1) is 31.0. The Hall–Kier alpha value is -1.59. The van der Waals surface area contributed by atoms with E-state index in [0.717, 1.165) is 57.8 Å². The first-order valence-electron chi connectivity index (χ1n) is 28.5. The fourth-order valence-corrected chi connectivity index (χ4v) is 8.80. The molecule has 0 fully saturated rings. The van der Waals surface area contributed by atoms with Gasteiger partial charge in [-0.05, 0) is 19.3 Å². The van der Waals surface area contributed by atoms with Gasteiger partial charge < -0.3 is 14.2 Å². The summed E-state index contributed by atoms with van der Waals surface area (Å²) in [6, 6.07) is 0. The highest BCUT2D eigenvalue weighted by Crippen LogP contribution is 2.18. The van der Waals surface area contributed by atoms with Crippen LogP contribution in [-0.2, 0) is 28.6 Å². The monoisotopic (exact) mass is 891 g/mol. The van der Waals surface area contributed by atoms with Crippen LogP contribution in [0.3, 0.4) is 0 Å². The molecular weight excluding hydrogens is 781 g/mol. The third-order valence-corrected chi connectivity index (χ3v) is 13.1. The lowest BCUT2D eigenvalue weighted by Gasteiger charge is -2.18. The van der Waals surface area contributed by atoms with Crippen molar-refractivity contribution in [2.45, 2.75) is 335 Å². The largest absolute Gasteiger partial charge is 0.462 e. The van der Waals surface area contributed by atoms with Crippen molar-refractivity contribution in [2.24, 2.45) is 0 Å². The standard InChI is InChI=1S/C57H110O6/c1-4-7-10-13-16-19-22-24-26-28-30-32-34-36-39-42-45-48-51-57(60)63-54(52-61-55(58)49-46-43-40-37-21-18-15-12-9-6-3)53-62-56(59)50-47-44-41-38-35-33-31-29-27-25-23-20-17-14-11-8-5-2/h54H,4-53H2,1-3H3/t54-/m0/s1. The van der Waals surface area contributed by atoms with E-state index in [9.17, 15) is 14.4 Å². The molecule has 0 rings (SSSR count). The molecule has 0 spiro atoms. The van der Waals surface area contributed by atoms with Crippen molar-refractivity contribution in [2.75, 3.05) is 13.2 Å². The number of carbonyl (C=O) groups excluding carboxylic acids is 3. The highest BCUT2D eigenvalue weighted by molar-refractivity contribution is 5.71. The first-order valence-corrected chi connectivity index (χ1v) is 28.5. The maximum Gasteiger partial charge on any atom is 0.306 e. The summed E-state index contributed by atoms with van der Waals surface area (Å²) in [4.78, 5) is 38.0. The molecule has 6 heteroatoms. The van der Waals surface area contributed by atoms with Crippen LogP contribution >= 0.6 is 0 Å². The van der Waals surface area contributed by atoms with Gasteiger partial charge in [0.15, 0.2) is 6.10 Å². The van der Waals surface area contributed by atoms with Crippen LogP contribution in [0.15, 0.2) is 0 Å². The molecular formula is C57H110O6. The van der Waals surface area contributed by atoms with Crippen LogP contribution in [0.4, 0.5) is 0 Å². The molecule has 0 aromatic rings. The molecule has 0 aliphatic heterocycles. The Balaban J connectivity index is 4.23. The molecule has 0 amide bonds. The van der Waals surface area contributed by atoms with E-state index in [4.69, 9.17) is 14.2 Å². The van der Waals surface area contributed by atoms with Crippen LogP contribution in [0.2, 0.25) is 0 Å². The second-order valence-electron chi connectivity index (χ2n) is 19.6. The minimum atomic E-state index is -0.760. The van der Waals surface area contributed by atoms with Gasteiger partial charge in [-0.3, -0.25) is 14.4 Å². The number of unbranched alkanes of at least 4 members (excludes halogenated alkanes) is 42. The number of ether oxygens (including phenoxy) is 3. The molecule has 63 heavy (non-hydrogen) atoms. The number of hydrogen-bond acceptors (Lipinski definition) is 6. The highest BCUT2D eigenvalue weighted by atomic mass is 16.6. The fraction of sp³-hybridized carbons (Fsp3) is 0.947.